The third-order valence-electron chi connectivity index (χ3n) is 9.42. The number of piperidine rings is 1. The molecule has 3 saturated heterocycles. The molecule has 3 aliphatic rings. The summed E-state index contributed by atoms with van der Waals surface area (Å²) in [6.07, 6.45) is 4.46. The maximum atomic E-state index is 13.5. The first-order valence-corrected chi connectivity index (χ1v) is 14.6. The largest absolute Gasteiger partial charge is 0.377 e. The normalized spacial score (nSPS) is 22.5. The van der Waals surface area contributed by atoms with Crippen molar-refractivity contribution in [1.29, 1.82) is 0 Å². The first kappa shape index (κ1) is 25.3. The van der Waals surface area contributed by atoms with Crippen LogP contribution in [0.4, 0.5) is 5.69 Å². The molecule has 4 aromatic rings. The SMILES string of the molecule is CN1CCC(CNC(=O)c2ccc3[nH]nc(-c4ccc(N5C6CCC5COC6)cc4)c3c2)(c2ccccc2)CC1. The molecule has 7 rings (SSSR count). The zero-order chi connectivity index (χ0) is 27.1. The van der Waals surface area contributed by atoms with Crippen LogP contribution < -0.4 is 10.2 Å². The van der Waals surface area contributed by atoms with E-state index >= 15 is 0 Å². The number of aromatic nitrogens is 2. The van der Waals surface area contributed by atoms with Crippen LogP contribution in [0.2, 0.25) is 0 Å². The van der Waals surface area contributed by atoms with Crippen LogP contribution in [0.3, 0.4) is 0 Å². The molecule has 0 radical (unpaired) electrons. The van der Waals surface area contributed by atoms with Gasteiger partial charge < -0.3 is 19.9 Å². The molecule has 2 atom stereocenters. The zero-order valence-electron chi connectivity index (χ0n) is 23.1. The van der Waals surface area contributed by atoms with Crippen LogP contribution in [-0.4, -0.2) is 73.0 Å². The molecular weight excluding hydrogens is 498 g/mol. The average Bonchev–Trinajstić information content (AvgIpc) is 3.54. The standard InChI is InChI=1S/C33H37N5O2/c1-37-17-15-33(16-18-37,25-5-3-2-4-6-25)22-34-32(39)24-9-14-30-29(19-24)31(36-35-30)23-7-10-26(11-8-23)38-27-12-13-28(38)21-40-20-27/h2-11,14,19,27-28H,12-13,15-18,20-22H2,1H3,(H,34,39)(H,35,36). The van der Waals surface area contributed by atoms with Crippen molar-refractivity contribution in [2.75, 3.05) is 44.8 Å². The van der Waals surface area contributed by atoms with E-state index in [-0.39, 0.29) is 11.3 Å². The minimum atomic E-state index is -0.0456. The van der Waals surface area contributed by atoms with Crippen LogP contribution in [0.25, 0.3) is 22.2 Å². The van der Waals surface area contributed by atoms with Crippen molar-refractivity contribution in [2.24, 2.45) is 0 Å². The lowest BCUT2D eigenvalue weighted by Crippen LogP contribution is -2.48. The van der Waals surface area contributed by atoms with E-state index in [0.717, 1.165) is 61.3 Å². The van der Waals surface area contributed by atoms with Crippen molar-refractivity contribution < 1.29 is 9.53 Å². The fourth-order valence-electron chi connectivity index (χ4n) is 6.97. The zero-order valence-corrected chi connectivity index (χ0v) is 23.1. The second kappa shape index (κ2) is 10.4. The Morgan fingerprint density at radius 2 is 1.73 bits per heavy atom. The van der Waals surface area contributed by atoms with Crippen molar-refractivity contribution in [3.05, 3.63) is 83.9 Å². The number of morpholine rings is 1. The number of nitrogens with one attached hydrogen (secondary N) is 2. The van der Waals surface area contributed by atoms with E-state index in [1.54, 1.807) is 0 Å². The van der Waals surface area contributed by atoms with Gasteiger partial charge in [-0.25, -0.2) is 0 Å². The maximum absolute atomic E-state index is 13.5. The lowest BCUT2D eigenvalue weighted by Gasteiger charge is -2.41. The van der Waals surface area contributed by atoms with Gasteiger partial charge in [-0.15, -0.1) is 0 Å². The van der Waals surface area contributed by atoms with Crippen LogP contribution >= 0.6 is 0 Å². The molecule has 7 heteroatoms. The number of likely N-dealkylation sites (tertiary alicyclic amines) is 1. The molecule has 206 valence electrons. The quantitative estimate of drug-likeness (QED) is 0.364. The average molecular weight is 536 g/mol. The summed E-state index contributed by atoms with van der Waals surface area (Å²) in [7, 11) is 2.17. The van der Waals surface area contributed by atoms with Gasteiger partial charge >= 0.3 is 0 Å². The van der Waals surface area contributed by atoms with Gasteiger partial charge in [0.25, 0.3) is 5.91 Å². The van der Waals surface area contributed by atoms with Gasteiger partial charge in [0.05, 0.1) is 36.5 Å². The van der Waals surface area contributed by atoms with Gasteiger partial charge in [0.1, 0.15) is 0 Å². The van der Waals surface area contributed by atoms with Crippen molar-refractivity contribution in [3.8, 4) is 11.3 Å². The van der Waals surface area contributed by atoms with Gasteiger partial charge in [-0.3, -0.25) is 9.89 Å². The van der Waals surface area contributed by atoms with E-state index in [1.807, 2.05) is 18.2 Å². The molecular formula is C33H37N5O2. The summed E-state index contributed by atoms with van der Waals surface area (Å²) >= 11 is 0. The number of anilines is 1. The molecule has 3 fully saturated rings. The Kier molecular flexibility index (Phi) is 6.56. The van der Waals surface area contributed by atoms with Gasteiger partial charge in [-0.05, 0) is 81.7 Å². The van der Waals surface area contributed by atoms with Crippen LogP contribution in [-0.2, 0) is 10.2 Å². The third kappa shape index (κ3) is 4.57. The molecule has 2 N–H and O–H groups in total. The van der Waals surface area contributed by atoms with Crippen LogP contribution in [0.1, 0.15) is 41.6 Å². The molecule has 3 aliphatic heterocycles. The number of aromatic amines is 1. The van der Waals surface area contributed by atoms with Crippen molar-refractivity contribution in [2.45, 2.75) is 43.2 Å². The van der Waals surface area contributed by atoms with Gasteiger partial charge in [0, 0.05) is 34.2 Å². The predicted octanol–water partition coefficient (Wildman–Crippen LogP) is 4.99. The molecule has 2 bridgehead atoms. The Bertz CT molecular complexity index is 1470. The Morgan fingerprint density at radius 1 is 1.00 bits per heavy atom. The molecule has 0 spiro atoms. The number of nitrogens with zero attached hydrogens (tertiary/aromatic N) is 3. The predicted molar refractivity (Wildman–Crippen MR) is 159 cm³/mol. The van der Waals surface area contributed by atoms with Crippen molar-refractivity contribution in [1.82, 2.24) is 20.4 Å². The van der Waals surface area contributed by atoms with Crippen molar-refractivity contribution >= 4 is 22.5 Å². The Morgan fingerprint density at radius 3 is 2.45 bits per heavy atom. The molecule has 3 aromatic carbocycles. The first-order valence-electron chi connectivity index (χ1n) is 14.6. The summed E-state index contributed by atoms with van der Waals surface area (Å²) in [6.45, 7) is 4.32. The van der Waals surface area contributed by atoms with Gasteiger partial charge in [0.2, 0.25) is 0 Å². The highest BCUT2D eigenvalue weighted by Crippen LogP contribution is 2.37. The molecule has 40 heavy (non-hydrogen) atoms. The second-order valence-corrected chi connectivity index (χ2v) is 11.8. The first-order chi connectivity index (χ1) is 19.6. The Labute approximate surface area is 235 Å². The molecule has 4 heterocycles. The van der Waals surface area contributed by atoms with E-state index in [1.165, 1.54) is 24.1 Å². The maximum Gasteiger partial charge on any atom is 0.251 e. The fraction of sp³-hybridized carbons (Fsp3) is 0.394. The van der Waals surface area contributed by atoms with Crippen LogP contribution in [0, 0.1) is 0 Å². The smallest absolute Gasteiger partial charge is 0.251 e. The van der Waals surface area contributed by atoms with Gasteiger partial charge in [0.15, 0.2) is 0 Å². The summed E-state index contributed by atoms with van der Waals surface area (Å²) in [5.41, 5.74) is 6.02. The summed E-state index contributed by atoms with van der Waals surface area (Å²) < 4.78 is 5.76. The van der Waals surface area contributed by atoms with Crippen LogP contribution in [0.15, 0.2) is 72.8 Å². The second-order valence-electron chi connectivity index (χ2n) is 11.8. The highest BCUT2D eigenvalue weighted by Gasteiger charge is 2.38. The Balaban J connectivity index is 1.11. The molecule has 0 saturated carbocycles. The third-order valence-corrected chi connectivity index (χ3v) is 9.42. The van der Waals surface area contributed by atoms with Gasteiger partial charge in [-0.1, -0.05) is 42.5 Å². The topological polar surface area (TPSA) is 73.5 Å². The highest BCUT2D eigenvalue weighted by molar-refractivity contribution is 6.01. The molecule has 1 amide bonds. The summed E-state index contributed by atoms with van der Waals surface area (Å²) in [5.74, 6) is -0.0403. The summed E-state index contributed by atoms with van der Waals surface area (Å²) in [6, 6.07) is 26.2. The molecule has 0 aliphatic carbocycles. The lowest BCUT2D eigenvalue weighted by molar-refractivity contribution is 0.0906. The number of ether oxygens (including phenoxy) is 1. The number of hydrogen-bond acceptors (Lipinski definition) is 5. The van der Waals surface area contributed by atoms with Crippen molar-refractivity contribution in [3.63, 3.8) is 0 Å². The molecule has 7 nitrogen and oxygen atoms in total. The number of amides is 1. The summed E-state index contributed by atoms with van der Waals surface area (Å²) in [4.78, 5) is 18.4. The molecule has 2 unspecified atom stereocenters. The molecule has 1 aromatic heterocycles. The minimum absolute atomic E-state index is 0.0403. The number of benzene rings is 3. The van der Waals surface area contributed by atoms with E-state index in [9.17, 15) is 4.79 Å². The number of fused-ring (bicyclic) bond motifs is 3. The number of H-pyrrole nitrogens is 1. The Hall–Kier alpha value is -3.68. The van der Waals surface area contributed by atoms with E-state index in [0.29, 0.717) is 24.2 Å². The summed E-state index contributed by atoms with van der Waals surface area (Å²) in [5, 5.41) is 12.0. The number of rotatable bonds is 6. The van der Waals surface area contributed by atoms with E-state index < -0.39 is 0 Å². The monoisotopic (exact) mass is 535 g/mol. The van der Waals surface area contributed by atoms with Crippen LogP contribution in [0.5, 0.6) is 0 Å². The number of carbonyl (C=O) groups excluding carboxylic acids is 1. The van der Waals surface area contributed by atoms with Gasteiger partial charge in [-0.2, -0.15) is 5.10 Å². The lowest BCUT2D eigenvalue weighted by atomic mass is 9.72. The number of carbonyl (C=O) groups is 1. The minimum Gasteiger partial charge on any atom is -0.377 e. The number of hydrogen-bond donors (Lipinski definition) is 2. The fourth-order valence-corrected chi connectivity index (χ4v) is 6.97. The van der Waals surface area contributed by atoms with E-state index in [2.05, 4.69) is 87.0 Å². The highest BCUT2D eigenvalue weighted by atomic mass is 16.5. The van der Waals surface area contributed by atoms with E-state index in [4.69, 9.17) is 4.74 Å².